The van der Waals surface area contributed by atoms with Gasteiger partial charge in [0.1, 0.15) is 5.75 Å². The molecule has 0 aliphatic carbocycles. The van der Waals surface area contributed by atoms with E-state index in [1.807, 2.05) is 6.92 Å². The van der Waals surface area contributed by atoms with Gasteiger partial charge in [0.25, 0.3) is 0 Å². The molecule has 20 heavy (non-hydrogen) atoms. The van der Waals surface area contributed by atoms with Crippen LogP contribution in [0.1, 0.15) is 25.3 Å². The molecule has 0 radical (unpaired) electrons. The fraction of sp³-hybridized carbons (Fsp3) is 0.571. The second-order valence-corrected chi connectivity index (χ2v) is 5.01. The minimum atomic E-state index is -4.75. The number of likely N-dealkylation sites (tertiary alicyclic amines) is 1. The summed E-state index contributed by atoms with van der Waals surface area (Å²) >= 11 is 0. The number of rotatable bonds is 3. The van der Waals surface area contributed by atoms with E-state index in [1.165, 1.54) is 18.2 Å². The third-order valence-corrected chi connectivity index (χ3v) is 3.74. The molecule has 0 atom stereocenters. The molecule has 1 saturated heterocycles. The van der Waals surface area contributed by atoms with E-state index >= 15 is 0 Å². The molecule has 2 rings (SSSR count). The number of hydrogen-bond acceptors (Lipinski definition) is 3. The van der Waals surface area contributed by atoms with Crippen molar-refractivity contribution in [2.45, 2.75) is 31.7 Å². The van der Waals surface area contributed by atoms with Crippen LogP contribution in [-0.2, 0) is 5.60 Å². The molecule has 1 N–H and O–H groups in total. The van der Waals surface area contributed by atoms with Crippen molar-refractivity contribution in [3.63, 3.8) is 0 Å². The summed E-state index contributed by atoms with van der Waals surface area (Å²) in [7, 11) is 0. The quantitative estimate of drug-likeness (QED) is 0.928. The summed E-state index contributed by atoms with van der Waals surface area (Å²) in [5, 5.41) is 10.7. The summed E-state index contributed by atoms with van der Waals surface area (Å²) in [5.41, 5.74) is -1.04. The van der Waals surface area contributed by atoms with Crippen LogP contribution in [0.15, 0.2) is 24.3 Å². The Morgan fingerprint density at radius 2 is 1.85 bits per heavy atom. The van der Waals surface area contributed by atoms with Gasteiger partial charge in [0.05, 0.1) is 5.60 Å². The molecule has 6 heteroatoms. The van der Waals surface area contributed by atoms with Crippen molar-refractivity contribution in [1.29, 1.82) is 0 Å². The molecule has 0 spiro atoms. The molecule has 0 amide bonds. The van der Waals surface area contributed by atoms with E-state index in [4.69, 9.17) is 0 Å². The van der Waals surface area contributed by atoms with Gasteiger partial charge in [-0.3, -0.25) is 0 Å². The lowest BCUT2D eigenvalue weighted by Gasteiger charge is -2.38. The van der Waals surface area contributed by atoms with Gasteiger partial charge in [0.15, 0.2) is 0 Å². The van der Waals surface area contributed by atoms with Crippen LogP contribution in [0.2, 0.25) is 0 Å². The number of benzene rings is 1. The Labute approximate surface area is 116 Å². The molecular weight excluding hydrogens is 271 g/mol. The molecule has 0 saturated carbocycles. The zero-order valence-electron chi connectivity index (χ0n) is 11.3. The summed E-state index contributed by atoms with van der Waals surface area (Å²) in [4.78, 5) is 2.15. The van der Waals surface area contributed by atoms with Crippen LogP contribution < -0.4 is 4.74 Å². The highest BCUT2D eigenvalue weighted by Crippen LogP contribution is 2.39. The van der Waals surface area contributed by atoms with Gasteiger partial charge in [0.2, 0.25) is 0 Å². The largest absolute Gasteiger partial charge is 0.573 e. The van der Waals surface area contributed by atoms with Gasteiger partial charge < -0.3 is 14.7 Å². The van der Waals surface area contributed by atoms with Crippen LogP contribution in [0.4, 0.5) is 13.2 Å². The van der Waals surface area contributed by atoms with E-state index in [0.29, 0.717) is 25.9 Å². The summed E-state index contributed by atoms with van der Waals surface area (Å²) in [6, 6.07) is 5.83. The maximum absolute atomic E-state index is 12.4. The first kappa shape index (κ1) is 15.1. The summed E-state index contributed by atoms with van der Waals surface area (Å²) in [6.45, 7) is 4.21. The Bertz CT molecular complexity index is 454. The van der Waals surface area contributed by atoms with E-state index < -0.39 is 12.0 Å². The average Bonchev–Trinajstić information content (AvgIpc) is 2.38. The van der Waals surface area contributed by atoms with Gasteiger partial charge >= 0.3 is 6.36 Å². The minimum absolute atomic E-state index is 0.216. The zero-order valence-corrected chi connectivity index (χ0v) is 11.3. The van der Waals surface area contributed by atoms with E-state index in [9.17, 15) is 18.3 Å². The number of aliphatic hydroxyl groups is 1. The third kappa shape index (κ3) is 3.43. The molecule has 1 fully saturated rings. The number of para-hydroxylation sites is 1. The van der Waals surface area contributed by atoms with Crippen molar-refractivity contribution in [1.82, 2.24) is 4.90 Å². The Morgan fingerprint density at radius 3 is 2.40 bits per heavy atom. The van der Waals surface area contributed by atoms with E-state index in [2.05, 4.69) is 9.64 Å². The van der Waals surface area contributed by atoms with Crippen molar-refractivity contribution in [3.8, 4) is 5.75 Å². The molecule has 0 unspecified atom stereocenters. The average molecular weight is 289 g/mol. The lowest BCUT2D eigenvalue weighted by Crippen LogP contribution is -2.42. The Balaban J connectivity index is 2.24. The van der Waals surface area contributed by atoms with E-state index in [1.54, 1.807) is 6.07 Å². The molecule has 3 nitrogen and oxygen atoms in total. The van der Waals surface area contributed by atoms with Crippen LogP contribution >= 0.6 is 0 Å². The van der Waals surface area contributed by atoms with Crippen molar-refractivity contribution in [3.05, 3.63) is 29.8 Å². The smallest absolute Gasteiger partial charge is 0.405 e. The number of alkyl halides is 3. The van der Waals surface area contributed by atoms with E-state index in [-0.39, 0.29) is 11.3 Å². The van der Waals surface area contributed by atoms with Gasteiger partial charge in [-0.05, 0) is 25.5 Å². The van der Waals surface area contributed by atoms with Crippen molar-refractivity contribution in [2.75, 3.05) is 19.6 Å². The van der Waals surface area contributed by atoms with Gasteiger partial charge in [-0.15, -0.1) is 13.2 Å². The molecule has 112 valence electrons. The monoisotopic (exact) mass is 289 g/mol. The molecule has 1 aromatic rings. The SMILES string of the molecule is CCN1CCC(O)(c2ccccc2OC(F)(F)F)CC1. The number of ether oxygens (including phenoxy) is 1. The Morgan fingerprint density at radius 1 is 1.25 bits per heavy atom. The second kappa shape index (κ2) is 5.61. The van der Waals surface area contributed by atoms with Crippen LogP contribution in [0.25, 0.3) is 0 Å². The Hall–Kier alpha value is -1.27. The number of halogens is 3. The van der Waals surface area contributed by atoms with Crippen LogP contribution in [-0.4, -0.2) is 36.0 Å². The van der Waals surface area contributed by atoms with Gasteiger partial charge in [0, 0.05) is 18.7 Å². The maximum atomic E-state index is 12.4. The fourth-order valence-electron chi connectivity index (χ4n) is 2.57. The first-order valence-electron chi connectivity index (χ1n) is 6.64. The van der Waals surface area contributed by atoms with Gasteiger partial charge in [-0.1, -0.05) is 25.1 Å². The standard InChI is InChI=1S/C14H18F3NO2/c1-2-18-9-7-13(19,8-10-18)11-5-3-4-6-12(11)20-14(15,16)17/h3-6,19H,2,7-10H2,1H3. The number of hydrogen-bond donors (Lipinski definition) is 1. The van der Waals surface area contributed by atoms with Crippen molar-refractivity contribution in [2.24, 2.45) is 0 Å². The Kier molecular flexibility index (Phi) is 4.25. The number of nitrogens with zero attached hydrogens (tertiary/aromatic N) is 1. The molecule has 1 aliphatic rings. The summed E-state index contributed by atoms with van der Waals surface area (Å²) in [6.07, 6.45) is -3.95. The highest BCUT2D eigenvalue weighted by atomic mass is 19.4. The van der Waals surface area contributed by atoms with Crippen molar-refractivity contribution >= 4 is 0 Å². The maximum Gasteiger partial charge on any atom is 0.573 e. The highest BCUT2D eigenvalue weighted by molar-refractivity contribution is 5.38. The normalized spacial score (nSPS) is 19.9. The molecule has 1 heterocycles. The van der Waals surface area contributed by atoms with Crippen molar-refractivity contribution < 1.29 is 23.0 Å². The number of piperidine rings is 1. The lowest BCUT2D eigenvalue weighted by atomic mass is 9.84. The van der Waals surface area contributed by atoms with Crippen LogP contribution in [0.5, 0.6) is 5.75 Å². The third-order valence-electron chi connectivity index (χ3n) is 3.74. The molecule has 0 aromatic heterocycles. The molecule has 1 aromatic carbocycles. The lowest BCUT2D eigenvalue weighted by molar-refractivity contribution is -0.275. The molecule has 0 bridgehead atoms. The van der Waals surface area contributed by atoms with Gasteiger partial charge in [-0.25, -0.2) is 0 Å². The second-order valence-electron chi connectivity index (χ2n) is 5.01. The van der Waals surface area contributed by atoms with Crippen LogP contribution in [0.3, 0.4) is 0 Å². The predicted octanol–water partition coefficient (Wildman–Crippen LogP) is 2.89. The first-order valence-corrected chi connectivity index (χ1v) is 6.64. The minimum Gasteiger partial charge on any atom is -0.405 e. The summed E-state index contributed by atoms with van der Waals surface area (Å²) in [5.74, 6) is -0.313. The fourth-order valence-corrected chi connectivity index (χ4v) is 2.57. The summed E-state index contributed by atoms with van der Waals surface area (Å²) < 4.78 is 41.3. The highest BCUT2D eigenvalue weighted by Gasteiger charge is 2.39. The predicted molar refractivity (Wildman–Crippen MR) is 68.4 cm³/mol. The topological polar surface area (TPSA) is 32.7 Å². The molecule has 1 aliphatic heterocycles. The van der Waals surface area contributed by atoms with Crippen LogP contribution in [0, 0.1) is 0 Å². The van der Waals surface area contributed by atoms with E-state index in [0.717, 1.165) is 6.54 Å². The molecular formula is C14H18F3NO2. The first-order chi connectivity index (χ1) is 9.34. The zero-order chi connectivity index (χ0) is 14.8. The van der Waals surface area contributed by atoms with Gasteiger partial charge in [-0.2, -0.15) is 0 Å².